The highest BCUT2D eigenvalue weighted by Gasteiger charge is 2.48. The lowest BCUT2D eigenvalue weighted by molar-refractivity contribution is -0.135. The van der Waals surface area contributed by atoms with E-state index >= 15 is 0 Å². The van der Waals surface area contributed by atoms with E-state index in [0.717, 1.165) is 47.7 Å². The molecule has 7 heteroatoms. The summed E-state index contributed by atoms with van der Waals surface area (Å²) in [6, 6.07) is 10.0. The van der Waals surface area contributed by atoms with Crippen molar-refractivity contribution in [2.75, 3.05) is 32.4 Å². The Morgan fingerprint density at radius 3 is 2.73 bits per heavy atom. The summed E-state index contributed by atoms with van der Waals surface area (Å²) < 4.78 is 0. The first kappa shape index (κ1) is 20.9. The zero-order valence-electron chi connectivity index (χ0n) is 17.8. The zero-order valence-corrected chi connectivity index (χ0v) is 18.6. The minimum atomic E-state index is -0.598. The largest absolute Gasteiger partial charge is 0.399 e. The second kappa shape index (κ2) is 8.40. The molecule has 4 rings (SSSR count). The third kappa shape index (κ3) is 3.96. The van der Waals surface area contributed by atoms with Crippen LogP contribution in [0.15, 0.2) is 35.7 Å². The van der Waals surface area contributed by atoms with E-state index in [2.05, 4.69) is 28.6 Å². The molecule has 2 saturated heterocycles. The number of rotatable bonds is 5. The highest BCUT2D eigenvalue weighted by atomic mass is 32.1. The van der Waals surface area contributed by atoms with E-state index < -0.39 is 5.54 Å². The molecule has 2 aromatic rings. The number of benzene rings is 1. The highest BCUT2D eigenvalue weighted by Crippen LogP contribution is 2.41. The van der Waals surface area contributed by atoms with Crippen molar-refractivity contribution in [1.82, 2.24) is 15.1 Å². The number of piperidine rings is 1. The smallest absolute Gasteiger partial charge is 0.234 e. The molecule has 2 atom stereocenters. The molecule has 2 aliphatic rings. The molecule has 2 fully saturated rings. The number of carbonyl (C=O) groups is 1. The number of nitrogen functional groups attached to an aromatic ring is 1. The molecule has 0 bridgehead atoms. The Bertz CT molecular complexity index is 935. The molecular formula is C23H31N5OS. The third-order valence-electron chi connectivity index (χ3n) is 6.55. The number of anilines is 1. The molecule has 30 heavy (non-hydrogen) atoms. The highest BCUT2D eigenvalue weighted by molar-refractivity contribution is 7.10. The van der Waals surface area contributed by atoms with E-state index in [1.54, 1.807) is 18.4 Å². The van der Waals surface area contributed by atoms with Gasteiger partial charge in [-0.15, -0.1) is 11.3 Å². The van der Waals surface area contributed by atoms with Crippen LogP contribution in [-0.4, -0.2) is 48.3 Å². The molecule has 1 amide bonds. The van der Waals surface area contributed by atoms with Crippen LogP contribution in [0.2, 0.25) is 0 Å². The van der Waals surface area contributed by atoms with Gasteiger partial charge < -0.3 is 16.0 Å². The predicted octanol–water partition coefficient (Wildman–Crippen LogP) is 3.70. The van der Waals surface area contributed by atoms with Crippen molar-refractivity contribution >= 4 is 28.9 Å². The lowest BCUT2D eigenvalue weighted by atomic mass is 9.78. The Balaban J connectivity index is 1.62. The second-order valence-corrected chi connectivity index (χ2v) is 9.55. The van der Waals surface area contributed by atoms with Crippen LogP contribution < -0.4 is 11.1 Å². The molecule has 6 nitrogen and oxygen atoms in total. The summed E-state index contributed by atoms with van der Waals surface area (Å²) in [6.07, 6.45) is 4.58. The minimum Gasteiger partial charge on any atom is -0.399 e. The van der Waals surface area contributed by atoms with Gasteiger partial charge in [0, 0.05) is 17.6 Å². The van der Waals surface area contributed by atoms with Gasteiger partial charge in [-0.1, -0.05) is 18.6 Å². The SMILES string of the molecule is CN1C(=N)N[C@](C)(c2cc(-c3cccc(N)c3)cs2)C(CCN2CCCCC2)C1=O. The fourth-order valence-electron chi connectivity index (χ4n) is 4.63. The third-order valence-corrected chi connectivity index (χ3v) is 7.72. The number of amides is 1. The maximum atomic E-state index is 13.2. The average Bonchev–Trinajstić information content (AvgIpc) is 3.24. The topological polar surface area (TPSA) is 85.4 Å². The summed E-state index contributed by atoms with van der Waals surface area (Å²) in [5, 5.41) is 13.8. The summed E-state index contributed by atoms with van der Waals surface area (Å²) in [6.45, 7) is 5.23. The Labute approximate surface area is 182 Å². The predicted molar refractivity (Wildman–Crippen MR) is 124 cm³/mol. The van der Waals surface area contributed by atoms with Crippen LogP contribution >= 0.6 is 11.3 Å². The van der Waals surface area contributed by atoms with Gasteiger partial charge in [-0.25, -0.2) is 0 Å². The van der Waals surface area contributed by atoms with Crippen molar-refractivity contribution in [2.45, 2.75) is 38.1 Å². The number of hydrogen-bond donors (Lipinski definition) is 3. The summed E-state index contributed by atoms with van der Waals surface area (Å²) in [5.74, 6) is -0.0290. The van der Waals surface area contributed by atoms with Crippen LogP contribution in [0.3, 0.4) is 0 Å². The van der Waals surface area contributed by atoms with Crippen LogP contribution in [0.1, 0.15) is 37.5 Å². The number of nitrogens with one attached hydrogen (secondary N) is 2. The van der Waals surface area contributed by atoms with Gasteiger partial charge in [-0.05, 0) is 80.5 Å². The van der Waals surface area contributed by atoms with E-state index in [0.29, 0.717) is 0 Å². The molecule has 1 unspecified atom stereocenters. The normalized spacial score (nSPS) is 25.4. The summed E-state index contributed by atoms with van der Waals surface area (Å²) in [5.41, 5.74) is 8.27. The number of nitrogens with zero attached hydrogens (tertiary/aromatic N) is 2. The summed E-state index contributed by atoms with van der Waals surface area (Å²) >= 11 is 1.64. The molecular weight excluding hydrogens is 394 g/mol. The maximum Gasteiger partial charge on any atom is 0.234 e. The average molecular weight is 426 g/mol. The van der Waals surface area contributed by atoms with Crippen LogP contribution in [0, 0.1) is 11.3 Å². The standard InChI is InChI=1S/C23H31N5OS/c1-23(20-14-17(15-30-20)16-7-6-8-18(24)13-16)19(21(29)27(2)22(25)26-23)9-12-28-10-4-3-5-11-28/h6-8,13-15,19H,3-5,9-12,24H2,1-2H3,(H2,25,26)/t19?,23-/m0/s1. The molecule has 0 aliphatic carbocycles. The number of guanidine groups is 1. The maximum absolute atomic E-state index is 13.2. The molecule has 0 spiro atoms. The van der Waals surface area contributed by atoms with E-state index in [9.17, 15) is 4.79 Å². The fraction of sp³-hybridized carbons (Fsp3) is 0.478. The molecule has 1 aromatic carbocycles. The van der Waals surface area contributed by atoms with Crippen molar-refractivity contribution in [2.24, 2.45) is 5.92 Å². The summed E-state index contributed by atoms with van der Waals surface area (Å²) in [7, 11) is 1.69. The van der Waals surface area contributed by atoms with Crippen molar-refractivity contribution in [3.05, 3.63) is 40.6 Å². The van der Waals surface area contributed by atoms with Crippen LogP contribution in [0.25, 0.3) is 11.1 Å². The molecule has 1 aromatic heterocycles. The molecule has 160 valence electrons. The first-order valence-corrected chi connectivity index (χ1v) is 11.6. The van der Waals surface area contributed by atoms with Crippen molar-refractivity contribution in [3.8, 4) is 11.1 Å². The van der Waals surface area contributed by atoms with Gasteiger partial charge in [0.05, 0.1) is 11.5 Å². The molecule has 4 N–H and O–H groups in total. The van der Waals surface area contributed by atoms with Crippen LogP contribution in [0.4, 0.5) is 5.69 Å². The van der Waals surface area contributed by atoms with Gasteiger partial charge in [-0.2, -0.15) is 0 Å². The van der Waals surface area contributed by atoms with E-state index in [-0.39, 0.29) is 17.8 Å². The van der Waals surface area contributed by atoms with E-state index in [1.807, 2.05) is 24.3 Å². The van der Waals surface area contributed by atoms with Crippen LogP contribution in [-0.2, 0) is 10.3 Å². The lowest BCUT2D eigenvalue weighted by Gasteiger charge is -2.45. The van der Waals surface area contributed by atoms with Gasteiger partial charge in [-0.3, -0.25) is 15.1 Å². The molecule has 2 aliphatic heterocycles. The van der Waals surface area contributed by atoms with Crippen molar-refractivity contribution in [1.29, 1.82) is 5.41 Å². The Hall–Kier alpha value is -2.38. The monoisotopic (exact) mass is 425 g/mol. The number of thiophene rings is 1. The lowest BCUT2D eigenvalue weighted by Crippen LogP contribution is -2.63. The van der Waals surface area contributed by atoms with Crippen molar-refractivity contribution in [3.63, 3.8) is 0 Å². The first-order chi connectivity index (χ1) is 14.4. The van der Waals surface area contributed by atoms with Gasteiger partial charge in [0.2, 0.25) is 5.91 Å². The number of carbonyl (C=O) groups excluding carboxylic acids is 1. The second-order valence-electron chi connectivity index (χ2n) is 8.64. The quantitative estimate of drug-likeness (QED) is 0.638. The zero-order chi connectivity index (χ0) is 21.3. The number of likely N-dealkylation sites (tertiary alicyclic amines) is 1. The molecule has 3 heterocycles. The molecule has 0 saturated carbocycles. The fourth-order valence-corrected chi connectivity index (χ4v) is 5.72. The van der Waals surface area contributed by atoms with Gasteiger partial charge >= 0.3 is 0 Å². The Morgan fingerprint density at radius 1 is 1.23 bits per heavy atom. The van der Waals surface area contributed by atoms with E-state index in [1.165, 1.54) is 24.2 Å². The number of nitrogens with two attached hydrogens (primary N) is 1. The van der Waals surface area contributed by atoms with E-state index in [4.69, 9.17) is 11.1 Å². The number of hydrogen-bond acceptors (Lipinski definition) is 5. The molecule has 0 radical (unpaired) electrons. The summed E-state index contributed by atoms with van der Waals surface area (Å²) in [4.78, 5) is 18.2. The van der Waals surface area contributed by atoms with Gasteiger partial charge in [0.15, 0.2) is 5.96 Å². The Kier molecular flexibility index (Phi) is 5.84. The van der Waals surface area contributed by atoms with Gasteiger partial charge in [0.25, 0.3) is 0 Å². The van der Waals surface area contributed by atoms with Crippen molar-refractivity contribution < 1.29 is 4.79 Å². The van der Waals surface area contributed by atoms with Crippen LogP contribution in [0.5, 0.6) is 0 Å². The first-order valence-electron chi connectivity index (χ1n) is 10.7. The Morgan fingerprint density at radius 2 is 2.00 bits per heavy atom. The van der Waals surface area contributed by atoms with Gasteiger partial charge in [0.1, 0.15) is 0 Å². The minimum absolute atomic E-state index is 0.0252.